The molecule has 110 valence electrons. The molecule has 0 aliphatic carbocycles. The van der Waals surface area contributed by atoms with Gasteiger partial charge in [0, 0.05) is 12.1 Å². The number of hydrogen-bond donors (Lipinski definition) is 0. The Morgan fingerprint density at radius 2 is 1.95 bits per heavy atom. The fraction of sp³-hybridized carbons (Fsp3) is 0.294. The zero-order valence-corrected chi connectivity index (χ0v) is 12.5. The lowest BCUT2D eigenvalue weighted by atomic mass is 9.92. The molecule has 0 radical (unpaired) electrons. The van der Waals surface area contributed by atoms with Crippen molar-refractivity contribution in [2.75, 3.05) is 13.7 Å². The molecule has 1 aliphatic rings. The zero-order valence-electron chi connectivity index (χ0n) is 12.5. The number of carbonyl (C=O) groups excluding carboxylic acids is 2. The third-order valence-corrected chi connectivity index (χ3v) is 3.76. The molecule has 4 heteroatoms. The second-order valence-electron chi connectivity index (χ2n) is 5.09. The Kier molecular flexibility index (Phi) is 4.26. The van der Waals surface area contributed by atoms with Crippen molar-refractivity contribution < 1.29 is 14.3 Å². The van der Waals surface area contributed by atoms with Gasteiger partial charge in [0.25, 0.3) is 5.91 Å². The predicted molar refractivity (Wildman–Crippen MR) is 80.8 cm³/mol. The molecule has 0 saturated heterocycles. The molecule has 21 heavy (non-hydrogen) atoms. The van der Waals surface area contributed by atoms with E-state index in [4.69, 9.17) is 4.74 Å². The van der Waals surface area contributed by atoms with Crippen molar-refractivity contribution in [3.8, 4) is 0 Å². The maximum absolute atomic E-state index is 12.8. The molecule has 1 amide bonds. The smallest absolute Gasteiger partial charge is 0.335 e. The molecule has 1 aromatic rings. The summed E-state index contributed by atoms with van der Waals surface area (Å²) in [4.78, 5) is 26.4. The predicted octanol–water partition coefficient (Wildman–Crippen LogP) is 2.58. The Morgan fingerprint density at radius 3 is 2.52 bits per heavy atom. The highest BCUT2D eigenvalue weighted by Crippen LogP contribution is 2.27. The fourth-order valence-electron chi connectivity index (χ4n) is 2.35. The Morgan fingerprint density at radius 1 is 1.29 bits per heavy atom. The van der Waals surface area contributed by atoms with Crippen LogP contribution in [0.2, 0.25) is 0 Å². The van der Waals surface area contributed by atoms with E-state index in [1.807, 2.05) is 25.1 Å². The zero-order chi connectivity index (χ0) is 15.5. The molecule has 0 N–H and O–H groups in total. The van der Waals surface area contributed by atoms with Gasteiger partial charge in [-0.3, -0.25) is 4.79 Å². The first-order valence-corrected chi connectivity index (χ1v) is 6.83. The molecule has 1 atom stereocenters. The largest absolute Gasteiger partial charge is 0.467 e. The van der Waals surface area contributed by atoms with Crippen LogP contribution in [-0.4, -0.2) is 36.0 Å². The van der Waals surface area contributed by atoms with Crippen molar-refractivity contribution in [2.24, 2.45) is 0 Å². The number of carbonyl (C=O) groups is 2. The molecule has 1 aliphatic heterocycles. The van der Waals surface area contributed by atoms with Crippen molar-refractivity contribution in [3.63, 3.8) is 0 Å². The standard InChI is InChI=1S/C17H19NO3/c1-4-13-10-11-17(2,16(20)21-3)18(12-13)15(19)14-8-6-5-7-9-14/h4-11H,12H2,1-3H3/b13-4-. The van der Waals surface area contributed by atoms with Crippen molar-refractivity contribution in [1.82, 2.24) is 4.90 Å². The Labute approximate surface area is 124 Å². The summed E-state index contributed by atoms with van der Waals surface area (Å²) in [6, 6.07) is 8.95. The Balaban J connectivity index is 2.44. The van der Waals surface area contributed by atoms with E-state index in [9.17, 15) is 9.59 Å². The van der Waals surface area contributed by atoms with Crippen LogP contribution >= 0.6 is 0 Å². The van der Waals surface area contributed by atoms with Gasteiger partial charge in [-0.05, 0) is 37.6 Å². The Bertz CT molecular complexity index is 604. The normalized spacial score (nSPS) is 23.2. The highest BCUT2D eigenvalue weighted by Gasteiger charge is 2.43. The lowest BCUT2D eigenvalue weighted by Gasteiger charge is -2.40. The van der Waals surface area contributed by atoms with E-state index in [1.165, 1.54) is 7.11 Å². The van der Waals surface area contributed by atoms with Gasteiger partial charge in [-0.1, -0.05) is 30.4 Å². The number of nitrogens with zero attached hydrogens (tertiary/aromatic N) is 1. The summed E-state index contributed by atoms with van der Waals surface area (Å²) >= 11 is 0. The molecule has 0 saturated carbocycles. The van der Waals surface area contributed by atoms with Gasteiger partial charge in [0.05, 0.1) is 7.11 Å². The van der Waals surface area contributed by atoms with Gasteiger partial charge in [0.2, 0.25) is 0 Å². The average molecular weight is 285 g/mol. The molecular formula is C17H19NO3. The van der Waals surface area contributed by atoms with Crippen molar-refractivity contribution >= 4 is 11.9 Å². The molecule has 0 bridgehead atoms. The van der Waals surface area contributed by atoms with E-state index < -0.39 is 11.5 Å². The van der Waals surface area contributed by atoms with Gasteiger partial charge < -0.3 is 9.64 Å². The molecular weight excluding hydrogens is 266 g/mol. The van der Waals surface area contributed by atoms with Crippen LogP contribution in [0.5, 0.6) is 0 Å². The molecule has 4 nitrogen and oxygen atoms in total. The quantitative estimate of drug-likeness (QED) is 0.785. The molecule has 2 rings (SSSR count). The first kappa shape index (κ1) is 15.0. The number of hydrogen-bond acceptors (Lipinski definition) is 3. The van der Waals surface area contributed by atoms with Gasteiger partial charge in [-0.2, -0.15) is 0 Å². The monoisotopic (exact) mass is 285 g/mol. The van der Waals surface area contributed by atoms with Crippen LogP contribution in [0.1, 0.15) is 24.2 Å². The van der Waals surface area contributed by atoms with Gasteiger partial charge in [0.1, 0.15) is 0 Å². The first-order valence-electron chi connectivity index (χ1n) is 6.83. The van der Waals surface area contributed by atoms with E-state index in [0.29, 0.717) is 12.1 Å². The maximum Gasteiger partial charge on any atom is 0.335 e. The third kappa shape index (κ3) is 2.75. The van der Waals surface area contributed by atoms with Gasteiger partial charge in [-0.25, -0.2) is 4.79 Å². The van der Waals surface area contributed by atoms with Crippen molar-refractivity contribution in [1.29, 1.82) is 0 Å². The first-order chi connectivity index (χ1) is 10.0. The van der Waals surface area contributed by atoms with E-state index in [1.54, 1.807) is 42.2 Å². The third-order valence-electron chi connectivity index (χ3n) is 3.76. The lowest BCUT2D eigenvalue weighted by Crippen LogP contribution is -2.56. The molecule has 1 unspecified atom stereocenters. The summed E-state index contributed by atoms with van der Waals surface area (Å²) in [7, 11) is 1.33. The average Bonchev–Trinajstić information content (AvgIpc) is 2.54. The van der Waals surface area contributed by atoms with E-state index in [2.05, 4.69) is 0 Å². The van der Waals surface area contributed by atoms with Crippen LogP contribution < -0.4 is 0 Å². The molecule has 1 aromatic carbocycles. The number of rotatable bonds is 2. The van der Waals surface area contributed by atoms with Crippen molar-refractivity contribution in [2.45, 2.75) is 19.4 Å². The Hall–Kier alpha value is -2.36. The molecule has 0 spiro atoms. The van der Waals surface area contributed by atoms with Crippen LogP contribution in [0, 0.1) is 0 Å². The minimum atomic E-state index is -1.09. The summed E-state index contributed by atoms with van der Waals surface area (Å²) in [6.45, 7) is 3.99. The summed E-state index contributed by atoms with van der Waals surface area (Å²) in [5, 5.41) is 0. The van der Waals surface area contributed by atoms with Crippen LogP contribution in [0.3, 0.4) is 0 Å². The van der Waals surface area contributed by atoms with Crippen molar-refractivity contribution in [3.05, 3.63) is 59.7 Å². The lowest BCUT2D eigenvalue weighted by molar-refractivity contribution is -0.149. The summed E-state index contributed by atoms with van der Waals surface area (Å²) < 4.78 is 4.87. The van der Waals surface area contributed by atoms with E-state index in [0.717, 1.165) is 5.57 Å². The van der Waals surface area contributed by atoms with E-state index in [-0.39, 0.29) is 5.91 Å². The van der Waals surface area contributed by atoms with Gasteiger partial charge in [-0.15, -0.1) is 0 Å². The fourth-order valence-corrected chi connectivity index (χ4v) is 2.35. The van der Waals surface area contributed by atoms with Gasteiger partial charge in [0.15, 0.2) is 5.54 Å². The number of amides is 1. The van der Waals surface area contributed by atoms with E-state index >= 15 is 0 Å². The van der Waals surface area contributed by atoms with Gasteiger partial charge >= 0.3 is 5.97 Å². The van der Waals surface area contributed by atoms with Crippen LogP contribution in [0.25, 0.3) is 0 Å². The highest BCUT2D eigenvalue weighted by molar-refractivity contribution is 5.99. The molecule has 1 heterocycles. The number of esters is 1. The second-order valence-corrected chi connectivity index (χ2v) is 5.09. The maximum atomic E-state index is 12.8. The van der Waals surface area contributed by atoms with Crippen LogP contribution in [-0.2, 0) is 9.53 Å². The summed E-state index contributed by atoms with van der Waals surface area (Å²) in [6.07, 6.45) is 5.52. The minimum Gasteiger partial charge on any atom is -0.467 e. The minimum absolute atomic E-state index is 0.188. The number of ether oxygens (including phenoxy) is 1. The molecule has 0 aromatic heterocycles. The number of benzene rings is 1. The summed E-state index contributed by atoms with van der Waals surface area (Å²) in [5.41, 5.74) is 0.452. The van der Waals surface area contributed by atoms with Crippen LogP contribution in [0.15, 0.2) is 54.1 Å². The number of methoxy groups -OCH3 is 1. The summed E-state index contributed by atoms with van der Waals surface area (Å²) in [5.74, 6) is -0.634. The topological polar surface area (TPSA) is 46.6 Å². The molecule has 0 fully saturated rings. The SMILES string of the molecule is C/C=C1/C=CC(C)(C(=O)OC)N(C(=O)c2ccccc2)C1. The highest BCUT2D eigenvalue weighted by atomic mass is 16.5. The van der Waals surface area contributed by atoms with Crippen LogP contribution in [0.4, 0.5) is 0 Å². The second kappa shape index (κ2) is 5.95. The number of allylic oxidation sites excluding steroid dienone is 1.